The minimum absolute atomic E-state index is 0.0610. The lowest BCUT2D eigenvalue weighted by atomic mass is 10.2. The molecule has 0 aliphatic heterocycles. The summed E-state index contributed by atoms with van der Waals surface area (Å²) >= 11 is 11.5. The zero-order valence-corrected chi connectivity index (χ0v) is 12.9. The number of carbonyl (C=O) groups excluding carboxylic acids is 1. The molecule has 1 aromatic heterocycles. The Hall–Kier alpha value is -2.05. The van der Waals surface area contributed by atoms with Crippen molar-refractivity contribution < 1.29 is 18.0 Å². The third-order valence-electron chi connectivity index (χ3n) is 2.70. The molecule has 0 spiro atoms. The minimum atomic E-state index is -4.52. The van der Waals surface area contributed by atoms with E-state index in [4.69, 9.17) is 23.2 Å². The highest BCUT2D eigenvalue weighted by molar-refractivity contribution is 6.32. The first-order valence-electron chi connectivity index (χ1n) is 6.23. The number of alkyl halides is 3. The maximum atomic E-state index is 12.5. The van der Waals surface area contributed by atoms with E-state index in [0.29, 0.717) is 16.9 Å². The molecule has 0 bridgehead atoms. The maximum Gasteiger partial charge on any atom is 0.417 e. The van der Waals surface area contributed by atoms with Crippen LogP contribution in [0, 0.1) is 0 Å². The molecule has 1 aromatic carbocycles. The number of hydrogen-bond donors (Lipinski definition) is 1. The molecule has 0 radical (unpaired) electrons. The predicted molar refractivity (Wildman–Crippen MR) is 83.4 cm³/mol. The van der Waals surface area contributed by atoms with E-state index in [1.807, 2.05) is 0 Å². The van der Waals surface area contributed by atoms with Crippen LogP contribution in [-0.2, 0) is 11.0 Å². The van der Waals surface area contributed by atoms with Gasteiger partial charge in [0.25, 0.3) is 0 Å². The second-order valence-electron chi connectivity index (χ2n) is 4.42. The van der Waals surface area contributed by atoms with Gasteiger partial charge in [0, 0.05) is 23.0 Å². The third-order valence-corrected chi connectivity index (χ3v) is 3.26. The molecule has 8 heteroatoms. The van der Waals surface area contributed by atoms with Crippen LogP contribution in [0.4, 0.5) is 18.9 Å². The number of halogens is 5. The predicted octanol–water partition coefficient (Wildman–Crippen LogP) is 5.06. The Balaban J connectivity index is 2.07. The smallest absolute Gasteiger partial charge is 0.323 e. The lowest BCUT2D eigenvalue weighted by molar-refractivity contribution is -0.137. The van der Waals surface area contributed by atoms with Crippen LogP contribution in [0.25, 0.3) is 6.08 Å². The molecule has 2 aromatic rings. The quantitative estimate of drug-likeness (QED) is 0.777. The molecule has 2 rings (SSSR count). The Morgan fingerprint density at radius 3 is 2.39 bits per heavy atom. The molecular formula is C15H9Cl2F3N2O. The normalized spacial score (nSPS) is 11.7. The van der Waals surface area contributed by atoms with Gasteiger partial charge in [-0.1, -0.05) is 23.2 Å². The third kappa shape index (κ3) is 4.97. The number of rotatable bonds is 3. The van der Waals surface area contributed by atoms with Crippen molar-refractivity contribution in [3.8, 4) is 0 Å². The Labute approximate surface area is 139 Å². The number of pyridine rings is 1. The van der Waals surface area contributed by atoms with Crippen LogP contribution in [0.5, 0.6) is 0 Å². The molecule has 23 heavy (non-hydrogen) atoms. The maximum absolute atomic E-state index is 12.5. The monoisotopic (exact) mass is 360 g/mol. The van der Waals surface area contributed by atoms with Crippen molar-refractivity contribution in [3.63, 3.8) is 0 Å². The number of nitrogens with zero attached hydrogens (tertiary/aromatic N) is 1. The van der Waals surface area contributed by atoms with Crippen LogP contribution in [0.3, 0.4) is 0 Å². The summed E-state index contributed by atoms with van der Waals surface area (Å²) in [5, 5.41) is 2.89. The summed E-state index contributed by atoms with van der Waals surface area (Å²) in [6.07, 6.45) is -1.52. The number of nitrogens with one attached hydrogen (secondary N) is 1. The fourth-order valence-electron chi connectivity index (χ4n) is 1.60. The number of benzene rings is 1. The summed E-state index contributed by atoms with van der Waals surface area (Å²) in [7, 11) is 0. The number of anilines is 1. The molecule has 0 aliphatic rings. The first-order chi connectivity index (χ1) is 10.8. The molecule has 1 heterocycles. The van der Waals surface area contributed by atoms with Gasteiger partial charge < -0.3 is 5.32 Å². The topological polar surface area (TPSA) is 42.0 Å². The lowest BCUT2D eigenvalue weighted by Gasteiger charge is -2.07. The Bertz CT molecular complexity index is 743. The minimum Gasteiger partial charge on any atom is -0.323 e. The number of aromatic nitrogens is 1. The van der Waals surface area contributed by atoms with Gasteiger partial charge >= 0.3 is 6.18 Å². The summed E-state index contributed by atoms with van der Waals surface area (Å²) in [6.45, 7) is 0. The van der Waals surface area contributed by atoms with Crippen molar-refractivity contribution in [1.82, 2.24) is 4.98 Å². The number of amides is 1. The van der Waals surface area contributed by atoms with E-state index in [-0.39, 0.29) is 10.7 Å². The van der Waals surface area contributed by atoms with E-state index in [1.54, 1.807) is 24.3 Å². The van der Waals surface area contributed by atoms with E-state index in [1.165, 1.54) is 6.08 Å². The average molecular weight is 361 g/mol. The molecule has 0 atom stereocenters. The zero-order chi connectivity index (χ0) is 17.0. The van der Waals surface area contributed by atoms with Crippen molar-refractivity contribution >= 4 is 40.9 Å². The van der Waals surface area contributed by atoms with Crippen LogP contribution < -0.4 is 5.32 Å². The van der Waals surface area contributed by atoms with Crippen molar-refractivity contribution in [1.29, 1.82) is 0 Å². The first-order valence-corrected chi connectivity index (χ1v) is 6.98. The van der Waals surface area contributed by atoms with E-state index in [0.717, 1.165) is 12.1 Å². The molecular weight excluding hydrogens is 352 g/mol. The van der Waals surface area contributed by atoms with Gasteiger partial charge in [0.1, 0.15) is 0 Å². The standard InChI is InChI=1S/C15H9Cl2F3N2O/c16-10-1-3-11(4-2-10)22-14(23)6-5-13-12(17)7-9(8-21-13)15(18,19)20/h1-8H,(H,22,23)/b6-5+. The Kier molecular flexibility index (Phi) is 5.28. The molecule has 0 fully saturated rings. The van der Waals surface area contributed by atoms with Gasteiger partial charge in [-0.05, 0) is 36.4 Å². The highest BCUT2D eigenvalue weighted by Crippen LogP contribution is 2.31. The number of hydrogen-bond acceptors (Lipinski definition) is 2. The summed E-state index contributed by atoms with van der Waals surface area (Å²) in [5.41, 5.74) is -0.369. The number of carbonyl (C=O) groups is 1. The van der Waals surface area contributed by atoms with Crippen molar-refractivity contribution in [2.24, 2.45) is 0 Å². The van der Waals surface area contributed by atoms with Gasteiger partial charge in [0.2, 0.25) is 5.91 Å². The van der Waals surface area contributed by atoms with Gasteiger partial charge in [-0.2, -0.15) is 13.2 Å². The van der Waals surface area contributed by atoms with Crippen LogP contribution in [0.2, 0.25) is 10.0 Å². The SMILES string of the molecule is O=C(/C=C/c1ncc(C(F)(F)F)cc1Cl)Nc1ccc(Cl)cc1. The van der Waals surface area contributed by atoms with Crippen LogP contribution in [-0.4, -0.2) is 10.9 Å². The molecule has 3 nitrogen and oxygen atoms in total. The molecule has 0 unspecified atom stereocenters. The summed E-state index contributed by atoms with van der Waals surface area (Å²) < 4.78 is 37.5. The summed E-state index contributed by atoms with van der Waals surface area (Å²) in [6, 6.07) is 7.19. The Morgan fingerprint density at radius 1 is 1.17 bits per heavy atom. The van der Waals surface area contributed by atoms with Crippen molar-refractivity contribution in [2.45, 2.75) is 6.18 Å². The zero-order valence-electron chi connectivity index (χ0n) is 11.4. The molecule has 0 saturated heterocycles. The second kappa shape index (κ2) is 7.02. The van der Waals surface area contributed by atoms with E-state index < -0.39 is 17.6 Å². The largest absolute Gasteiger partial charge is 0.417 e. The van der Waals surface area contributed by atoms with E-state index >= 15 is 0 Å². The second-order valence-corrected chi connectivity index (χ2v) is 5.26. The van der Waals surface area contributed by atoms with E-state index in [9.17, 15) is 18.0 Å². The molecule has 0 aliphatic carbocycles. The van der Waals surface area contributed by atoms with Crippen molar-refractivity contribution in [3.05, 3.63) is 63.9 Å². The average Bonchev–Trinajstić information content (AvgIpc) is 2.47. The molecule has 120 valence electrons. The van der Waals surface area contributed by atoms with Crippen LogP contribution >= 0.6 is 23.2 Å². The Morgan fingerprint density at radius 2 is 1.83 bits per heavy atom. The fraction of sp³-hybridized carbons (Fsp3) is 0.0667. The van der Waals surface area contributed by atoms with Gasteiger partial charge in [-0.25, -0.2) is 0 Å². The lowest BCUT2D eigenvalue weighted by Crippen LogP contribution is -2.08. The molecule has 0 saturated carbocycles. The van der Waals surface area contributed by atoms with Crippen LogP contribution in [0.1, 0.15) is 11.3 Å². The summed E-state index contributed by atoms with van der Waals surface area (Å²) in [4.78, 5) is 15.3. The summed E-state index contributed by atoms with van der Waals surface area (Å²) in [5.74, 6) is -0.481. The van der Waals surface area contributed by atoms with Crippen molar-refractivity contribution in [2.75, 3.05) is 5.32 Å². The van der Waals surface area contributed by atoms with Gasteiger partial charge in [0.15, 0.2) is 0 Å². The van der Waals surface area contributed by atoms with E-state index in [2.05, 4.69) is 10.3 Å². The van der Waals surface area contributed by atoms with Gasteiger partial charge in [-0.3, -0.25) is 9.78 Å². The molecule has 1 N–H and O–H groups in total. The highest BCUT2D eigenvalue weighted by Gasteiger charge is 2.31. The van der Waals surface area contributed by atoms with Crippen LogP contribution in [0.15, 0.2) is 42.6 Å². The van der Waals surface area contributed by atoms with Gasteiger partial charge in [-0.15, -0.1) is 0 Å². The van der Waals surface area contributed by atoms with Gasteiger partial charge in [0.05, 0.1) is 16.3 Å². The fourth-order valence-corrected chi connectivity index (χ4v) is 1.95. The first kappa shape index (κ1) is 17.3. The molecule has 1 amide bonds. The highest BCUT2D eigenvalue weighted by atomic mass is 35.5.